The first kappa shape index (κ1) is 16.9. The number of pyridine rings is 2. The lowest BCUT2D eigenvalue weighted by Gasteiger charge is -2.32. The lowest BCUT2D eigenvalue weighted by Crippen LogP contribution is -2.34. The summed E-state index contributed by atoms with van der Waals surface area (Å²) in [7, 11) is 0. The number of benzene rings is 1. The normalized spacial score (nSPS) is 17.9. The number of likely N-dealkylation sites (tertiary alicyclic amines) is 1. The van der Waals surface area contributed by atoms with E-state index in [9.17, 15) is 0 Å². The molecule has 0 bridgehead atoms. The first-order valence-corrected chi connectivity index (χ1v) is 9.49. The highest BCUT2D eigenvalue weighted by molar-refractivity contribution is 5.24. The van der Waals surface area contributed by atoms with E-state index in [4.69, 9.17) is 4.98 Å². The third-order valence-electron chi connectivity index (χ3n) is 5.09. The van der Waals surface area contributed by atoms with Crippen molar-refractivity contribution in [2.24, 2.45) is 0 Å². The van der Waals surface area contributed by atoms with Crippen molar-refractivity contribution in [2.45, 2.75) is 31.7 Å². The molecule has 0 spiro atoms. The standard InChI is InChI=1S/C23H25N3/c1-2-8-19(9-3-1)16-21-12-6-13-23(25-21)20-10-7-15-26(17-20)18-22-11-4-5-14-24-22/h1-6,8-9,11-14,20H,7,10,15-18H2. The van der Waals surface area contributed by atoms with Gasteiger partial charge in [-0.2, -0.15) is 0 Å². The summed E-state index contributed by atoms with van der Waals surface area (Å²) < 4.78 is 0. The highest BCUT2D eigenvalue weighted by Gasteiger charge is 2.22. The first-order chi connectivity index (χ1) is 12.9. The molecule has 1 atom stereocenters. The van der Waals surface area contributed by atoms with Gasteiger partial charge in [-0.1, -0.05) is 42.5 Å². The number of aromatic nitrogens is 2. The highest BCUT2D eigenvalue weighted by Crippen LogP contribution is 2.26. The van der Waals surface area contributed by atoms with Gasteiger partial charge in [0.25, 0.3) is 0 Å². The van der Waals surface area contributed by atoms with Crippen molar-refractivity contribution >= 4 is 0 Å². The third kappa shape index (κ3) is 4.36. The molecule has 26 heavy (non-hydrogen) atoms. The fourth-order valence-electron chi connectivity index (χ4n) is 3.79. The number of hydrogen-bond acceptors (Lipinski definition) is 3. The Labute approximate surface area is 155 Å². The highest BCUT2D eigenvalue weighted by atomic mass is 15.1. The Morgan fingerprint density at radius 2 is 1.73 bits per heavy atom. The molecular formula is C23H25N3. The Bertz CT molecular complexity index is 817. The van der Waals surface area contributed by atoms with Crippen LogP contribution in [0, 0.1) is 0 Å². The maximum Gasteiger partial charge on any atom is 0.0543 e. The molecule has 1 aliphatic heterocycles. The second-order valence-electron chi connectivity index (χ2n) is 7.11. The van der Waals surface area contributed by atoms with Crippen LogP contribution in [0.5, 0.6) is 0 Å². The molecule has 3 nitrogen and oxygen atoms in total. The number of nitrogens with zero attached hydrogens (tertiary/aromatic N) is 3. The van der Waals surface area contributed by atoms with Crippen molar-refractivity contribution in [3.8, 4) is 0 Å². The Balaban J connectivity index is 1.44. The van der Waals surface area contributed by atoms with E-state index < -0.39 is 0 Å². The van der Waals surface area contributed by atoms with Gasteiger partial charge in [-0.3, -0.25) is 14.9 Å². The van der Waals surface area contributed by atoms with Crippen LogP contribution >= 0.6 is 0 Å². The summed E-state index contributed by atoms with van der Waals surface area (Å²) in [5, 5.41) is 0. The molecule has 4 rings (SSSR count). The SMILES string of the molecule is c1ccc(Cc2cccc(C3CCCN(Cc4ccccn4)C3)n2)cc1. The summed E-state index contributed by atoms with van der Waals surface area (Å²) in [5.41, 5.74) is 4.87. The quantitative estimate of drug-likeness (QED) is 0.685. The van der Waals surface area contributed by atoms with Crippen LogP contribution in [0.2, 0.25) is 0 Å². The molecule has 3 aromatic rings. The minimum Gasteiger partial charge on any atom is -0.297 e. The van der Waals surface area contributed by atoms with Crippen LogP contribution in [-0.2, 0) is 13.0 Å². The van der Waals surface area contributed by atoms with Crippen LogP contribution in [-0.4, -0.2) is 28.0 Å². The summed E-state index contributed by atoms with van der Waals surface area (Å²) in [6.45, 7) is 3.15. The van der Waals surface area contributed by atoms with Crippen LogP contribution < -0.4 is 0 Å². The molecule has 0 aliphatic carbocycles. The molecule has 0 saturated carbocycles. The maximum atomic E-state index is 4.99. The van der Waals surface area contributed by atoms with Gasteiger partial charge in [0.1, 0.15) is 0 Å². The average molecular weight is 343 g/mol. The molecule has 1 aliphatic rings. The lowest BCUT2D eigenvalue weighted by molar-refractivity contribution is 0.196. The summed E-state index contributed by atoms with van der Waals surface area (Å²) >= 11 is 0. The maximum absolute atomic E-state index is 4.99. The molecule has 0 amide bonds. The second kappa shape index (κ2) is 8.24. The molecule has 0 radical (unpaired) electrons. The zero-order valence-corrected chi connectivity index (χ0v) is 15.1. The van der Waals surface area contributed by atoms with Gasteiger partial charge in [0, 0.05) is 43.0 Å². The van der Waals surface area contributed by atoms with E-state index in [0.29, 0.717) is 5.92 Å². The lowest BCUT2D eigenvalue weighted by atomic mass is 9.93. The number of hydrogen-bond donors (Lipinski definition) is 0. The van der Waals surface area contributed by atoms with Crippen LogP contribution in [0.4, 0.5) is 0 Å². The van der Waals surface area contributed by atoms with E-state index in [-0.39, 0.29) is 0 Å². The molecule has 2 aromatic heterocycles. The molecule has 1 saturated heterocycles. The topological polar surface area (TPSA) is 29.0 Å². The van der Waals surface area contributed by atoms with E-state index >= 15 is 0 Å². The van der Waals surface area contributed by atoms with Crippen LogP contribution in [0.15, 0.2) is 72.9 Å². The molecule has 3 heteroatoms. The second-order valence-corrected chi connectivity index (χ2v) is 7.11. The Hall–Kier alpha value is -2.52. The van der Waals surface area contributed by atoms with Crippen molar-refractivity contribution in [3.63, 3.8) is 0 Å². The van der Waals surface area contributed by atoms with Crippen molar-refractivity contribution in [2.75, 3.05) is 13.1 Å². The smallest absolute Gasteiger partial charge is 0.0543 e. The third-order valence-corrected chi connectivity index (χ3v) is 5.09. The Morgan fingerprint density at radius 1 is 0.885 bits per heavy atom. The van der Waals surface area contributed by atoms with Crippen molar-refractivity contribution in [1.29, 1.82) is 0 Å². The van der Waals surface area contributed by atoms with Gasteiger partial charge in [0.2, 0.25) is 0 Å². The van der Waals surface area contributed by atoms with E-state index in [1.165, 1.54) is 24.1 Å². The number of piperidine rings is 1. The van der Waals surface area contributed by atoms with Gasteiger partial charge in [-0.05, 0) is 49.2 Å². The van der Waals surface area contributed by atoms with E-state index in [2.05, 4.69) is 70.5 Å². The van der Waals surface area contributed by atoms with Gasteiger partial charge < -0.3 is 0 Å². The van der Waals surface area contributed by atoms with Crippen molar-refractivity contribution in [1.82, 2.24) is 14.9 Å². The van der Waals surface area contributed by atoms with Crippen molar-refractivity contribution in [3.05, 3.63) is 95.6 Å². The fraction of sp³-hybridized carbons (Fsp3) is 0.304. The summed E-state index contributed by atoms with van der Waals surface area (Å²) in [6.07, 6.45) is 5.23. The molecule has 1 aromatic carbocycles. The fourth-order valence-corrected chi connectivity index (χ4v) is 3.79. The van der Waals surface area contributed by atoms with Crippen molar-refractivity contribution < 1.29 is 0 Å². The first-order valence-electron chi connectivity index (χ1n) is 9.49. The summed E-state index contributed by atoms with van der Waals surface area (Å²) in [6, 6.07) is 23.3. The van der Waals surface area contributed by atoms with Crippen LogP contribution in [0.3, 0.4) is 0 Å². The van der Waals surface area contributed by atoms with Gasteiger partial charge in [0.15, 0.2) is 0 Å². The number of rotatable bonds is 5. The predicted molar refractivity (Wildman–Crippen MR) is 105 cm³/mol. The van der Waals surface area contributed by atoms with Crippen LogP contribution in [0.1, 0.15) is 41.4 Å². The Morgan fingerprint density at radius 3 is 2.58 bits per heavy atom. The molecule has 132 valence electrons. The zero-order chi connectivity index (χ0) is 17.6. The molecular weight excluding hydrogens is 318 g/mol. The minimum absolute atomic E-state index is 0.517. The molecule has 1 unspecified atom stereocenters. The predicted octanol–water partition coefficient (Wildman–Crippen LogP) is 4.45. The van der Waals surface area contributed by atoms with Gasteiger partial charge >= 0.3 is 0 Å². The molecule has 3 heterocycles. The van der Waals surface area contributed by atoms with E-state index in [1.54, 1.807) is 0 Å². The average Bonchev–Trinajstić information content (AvgIpc) is 2.70. The minimum atomic E-state index is 0.517. The molecule has 1 fully saturated rings. The molecule has 0 N–H and O–H groups in total. The van der Waals surface area contributed by atoms with Gasteiger partial charge in [-0.25, -0.2) is 0 Å². The van der Waals surface area contributed by atoms with E-state index in [0.717, 1.165) is 37.4 Å². The Kier molecular flexibility index (Phi) is 5.36. The summed E-state index contributed by atoms with van der Waals surface area (Å²) in [4.78, 5) is 12.0. The largest absolute Gasteiger partial charge is 0.297 e. The monoisotopic (exact) mass is 343 g/mol. The zero-order valence-electron chi connectivity index (χ0n) is 15.1. The van der Waals surface area contributed by atoms with E-state index in [1.807, 2.05) is 12.3 Å². The van der Waals surface area contributed by atoms with Gasteiger partial charge in [-0.15, -0.1) is 0 Å². The van der Waals surface area contributed by atoms with Crippen LogP contribution in [0.25, 0.3) is 0 Å². The summed E-state index contributed by atoms with van der Waals surface area (Å²) in [5.74, 6) is 0.517. The van der Waals surface area contributed by atoms with Gasteiger partial charge in [0.05, 0.1) is 5.69 Å².